The molecule has 0 amide bonds. The molecule has 0 unspecified atom stereocenters. The molecule has 4 N–H and O–H groups in total. The number of sulfonamides is 1. The van der Waals surface area contributed by atoms with E-state index >= 15 is 0 Å². The van der Waals surface area contributed by atoms with Crippen LogP contribution in [0.3, 0.4) is 0 Å². The second-order valence-electron chi connectivity index (χ2n) is 9.16. The lowest BCUT2D eigenvalue weighted by Gasteiger charge is -2.11. The van der Waals surface area contributed by atoms with E-state index in [9.17, 15) is 16.8 Å². The van der Waals surface area contributed by atoms with E-state index < -0.39 is 25.3 Å². The molecular weight excluding hydrogens is 524 g/mol. The number of aromatic amines is 1. The van der Waals surface area contributed by atoms with Crippen LogP contribution in [0, 0.1) is 0 Å². The van der Waals surface area contributed by atoms with Crippen molar-refractivity contribution < 1.29 is 16.8 Å². The average molecular weight is 551 g/mol. The minimum absolute atomic E-state index is 0.0976. The van der Waals surface area contributed by atoms with Crippen LogP contribution in [-0.2, 0) is 20.0 Å². The van der Waals surface area contributed by atoms with Gasteiger partial charge in [0.1, 0.15) is 5.82 Å². The van der Waals surface area contributed by atoms with Crippen LogP contribution in [0.5, 0.6) is 0 Å². The Labute approximate surface area is 220 Å². The van der Waals surface area contributed by atoms with Crippen LogP contribution < -0.4 is 10.5 Å². The van der Waals surface area contributed by atoms with Gasteiger partial charge in [0.2, 0.25) is 26.0 Å². The van der Waals surface area contributed by atoms with Gasteiger partial charge in [0, 0.05) is 22.4 Å². The maximum absolute atomic E-state index is 13.0. The van der Waals surface area contributed by atoms with Gasteiger partial charge in [-0.3, -0.25) is 4.72 Å². The smallest absolute Gasteiger partial charge is 0.244 e. The molecule has 5 rings (SSSR count). The molecule has 2 heterocycles. The van der Waals surface area contributed by atoms with E-state index in [1.165, 1.54) is 0 Å². The molecule has 0 saturated carbocycles. The van der Waals surface area contributed by atoms with E-state index in [1.807, 2.05) is 36.4 Å². The first-order valence-corrected chi connectivity index (χ1v) is 15.1. The molecule has 0 fully saturated rings. The zero-order valence-corrected chi connectivity index (χ0v) is 22.5. The summed E-state index contributed by atoms with van der Waals surface area (Å²) in [4.78, 5) is 12.5. The first kappa shape index (κ1) is 25.5. The van der Waals surface area contributed by atoms with Gasteiger partial charge in [0.15, 0.2) is 0 Å². The number of nitrogens with zero attached hydrogens (tertiary/aromatic N) is 3. The predicted octanol–water partition coefficient (Wildman–Crippen LogP) is 4.30. The van der Waals surface area contributed by atoms with Crippen LogP contribution in [0.2, 0.25) is 0 Å². The van der Waals surface area contributed by atoms with E-state index in [0.717, 1.165) is 27.0 Å². The first-order valence-electron chi connectivity index (χ1n) is 11.7. The van der Waals surface area contributed by atoms with Crippen molar-refractivity contribution in [1.29, 1.82) is 0 Å². The van der Waals surface area contributed by atoms with Crippen LogP contribution in [0.1, 0.15) is 13.8 Å². The van der Waals surface area contributed by atoms with Gasteiger partial charge < -0.3 is 10.7 Å². The lowest BCUT2D eigenvalue weighted by molar-refractivity contribution is 0.580. The molecule has 0 aliphatic carbocycles. The Kier molecular flexibility index (Phi) is 6.24. The summed E-state index contributed by atoms with van der Waals surface area (Å²) in [6, 6.07) is 21.8. The lowest BCUT2D eigenvalue weighted by atomic mass is 10.0. The highest BCUT2D eigenvalue weighted by atomic mass is 32.2. The highest BCUT2D eigenvalue weighted by molar-refractivity contribution is 7.92. The Hall–Kier alpha value is -4.16. The SMILES string of the molecule is CC(C)S(=O)(=O)n1c(N)nc2ccc(-c3nc(-c4ccc(NS(C)(=O)=O)cc4)[nH]c3-c3ccccc3)cc21. The molecule has 10 nitrogen and oxygen atoms in total. The standard InChI is InChI=1S/C26H26N6O4S2/c1-16(2)38(35,36)32-22-15-19(11-14-21(22)28-26(32)27)24-23(17-7-5-4-6-8-17)29-25(30-24)18-9-12-20(13-10-18)31-37(3,33)34/h4-16,31H,1-3H3,(H2,27,28)(H,29,30). The summed E-state index contributed by atoms with van der Waals surface area (Å²) in [6.45, 7) is 3.18. The number of nitrogens with one attached hydrogen (secondary N) is 2. The number of imidazole rings is 2. The van der Waals surface area contributed by atoms with Gasteiger partial charge in [-0.2, -0.15) is 0 Å². The normalized spacial score (nSPS) is 12.3. The number of benzene rings is 3. The molecule has 38 heavy (non-hydrogen) atoms. The number of hydrogen-bond acceptors (Lipinski definition) is 7. The van der Waals surface area contributed by atoms with Crippen molar-refractivity contribution in [2.24, 2.45) is 0 Å². The summed E-state index contributed by atoms with van der Waals surface area (Å²) >= 11 is 0. The van der Waals surface area contributed by atoms with Crippen molar-refractivity contribution in [3.8, 4) is 33.9 Å². The molecule has 3 aromatic carbocycles. The zero-order chi connectivity index (χ0) is 27.2. The molecule has 0 aliphatic rings. The van der Waals surface area contributed by atoms with Crippen molar-refractivity contribution in [1.82, 2.24) is 18.9 Å². The predicted molar refractivity (Wildman–Crippen MR) is 151 cm³/mol. The summed E-state index contributed by atoms with van der Waals surface area (Å²) in [5.41, 5.74) is 10.9. The number of aromatic nitrogens is 4. The average Bonchev–Trinajstić information content (AvgIpc) is 3.44. The highest BCUT2D eigenvalue weighted by Crippen LogP contribution is 2.35. The number of rotatable bonds is 7. The topological polar surface area (TPSA) is 153 Å². The van der Waals surface area contributed by atoms with Gasteiger partial charge in [0.05, 0.1) is 33.9 Å². The second kappa shape index (κ2) is 9.30. The van der Waals surface area contributed by atoms with Crippen molar-refractivity contribution in [3.63, 3.8) is 0 Å². The van der Waals surface area contributed by atoms with E-state index in [1.54, 1.807) is 50.2 Å². The van der Waals surface area contributed by atoms with Crippen molar-refractivity contribution in [2.75, 3.05) is 16.7 Å². The van der Waals surface area contributed by atoms with Gasteiger partial charge in [-0.1, -0.05) is 36.4 Å². The van der Waals surface area contributed by atoms with Crippen LogP contribution in [-0.4, -0.2) is 47.3 Å². The number of fused-ring (bicyclic) bond motifs is 1. The van der Waals surface area contributed by atoms with E-state index in [2.05, 4.69) is 14.7 Å². The Morgan fingerprint density at radius 3 is 2.16 bits per heavy atom. The number of nitrogen functional groups attached to an aromatic ring is 1. The van der Waals surface area contributed by atoms with Crippen molar-refractivity contribution in [3.05, 3.63) is 72.8 Å². The molecule has 5 aromatic rings. The first-order chi connectivity index (χ1) is 17.9. The molecular formula is C26H26N6O4S2. The molecule has 0 bridgehead atoms. The summed E-state index contributed by atoms with van der Waals surface area (Å²) in [6.07, 6.45) is 1.09. The summed E-state index contributed by atoms with van der Waals surface area (Å²) in [5, 5.41) is -0.692. The third-order valence-electron chi connectivity index (χ3n) is 5.99. The number of hydrogen-bond donors (Lipinski definition) is 3. The largest absolute Gasteiger partial charge is 0.368 e. The van der Waals surface area contributed by atoms with Gasteiger partial charge in [-0.25, -0.2) is 30.8 Å². The van der Waals surface area contributed by atoms with Crippen LogP contribution in [0.15, 0.2) is 72.8 Å². The summed E-state index contributed by atoms with van der Waals surface area (Å²) in [5.74, 6) is 0.465. The van der Waals surface area contributed by atoms with Crippen LogP contribution in [0.4, 0.5) is 11.6 Å². The Morgan fingerprint density at radius 2 is 1.53 bits per heavy atom. The molecule has 196 valence electrons. The Morgan fingerprint density at radius 1 is 0.868 bits per heavy atom. The van der Waals surface area contributed by atoms with Gasteiger partial charge in [-0.05, 0) is 50.2 Å². The third-order valence-corrected chi connectivity index (χ3v) is 8.68. The molecule has 0 spiro atoms. The van der Waals surface area contributed by atoms with Gasteiger partial charge in [0.25, 0.3) is 0 Å². The minimum atomic E-state index is -3.75. The number of nitrogens with two attached hydrogens (primary N) is 1. The fourth-order valence-corrected chi connectivity index (χ4v) is 5.85. The monoisotopic (exact) mass is 550 g/mol. The lowest BCUT2D eigenvalue weighted by Crippen LogP contribution is -2.23. The van der Waals surface area contributed by atoms with Crippen molar-refractivity contribution in [2.45, 2.75) is 19.1 Å². The second-order valence-corrected chi connectivity index (χ2v) is 13.2. The maximum atomic E-state index is 13.0. The summed E-state index contributed by atoms with van der Waals surface area (Å²) in [7, 11) is -7.15. The zero-order valence-electron chi connectivity index (χ0n) is 20.9. The van der Waals surface area contributed by atoms with Crippen LogP contribution >= 0.6 is 0 Å². The Bertz CT molecular complexity index is 1860. The van der Waals surface area contributed by atoms with E-state index in [4.69, 9.17) is 10.7 Å². The van der Waals surface area contributed by atoms with Crippen molar-refractivity contribution >= 4 is 42.7 Å². The van der Waals surface area contributed by atoms with Gasteiger partial charge in [-0.15, -0.1) is 0 Å². The third kappa shape index (κ3) is 4.75. The maximum Gasteiger partial charge on any atom is 0.244 e. The molecule has 12 heteroatoms. The Balaban J connectivity index is 1.67. The van der Waals surface area contributed by atoms with E-state index in [-0.39, 0.29) is 5.95 Å². The quantitative estimate of drug-likeness (QED) is 0.273. The fourth-order valence-electron chi connectivity index (χ4n) is 4.14. The number of anilines is 2. The van der Waals surface area contributed by atoms with Crippen LogP contribution in [0.25, 0.3) is 44.9 Å². The van der Waals surface area contributed by atoms with E-state index in [0.29, 0.717) is 33.8 Å². The molecule has 0 atom stereocenters. The molecule has 0 radical (unpaired) electrons. The molecule has 2 aromatic heterocycles. The molecule has 0 saturated heterocycles. The fraction of sp³-hybridized carbons (Fsp3) is 0.154. The summed E-state index contributed by atoms with van der Waals surface area (Å²) < 4.78 is 52.7. The molecule has 0 aliphatic heterocycles. The van der Waals surface area contributed by atoms with Gasteiger partial charge >= 0.3 is 0 Å². The minimum Gasteiger partial charge on any atom is -0.368 e. The highest BCUT2D eigenvalue weighted by Gasteiger charge is 2.25. The number of H-pyrrole nitrogens is 1.